The van der Waals surface area contributed by atoms with E-state index in [9.17, 15) is 14.9 Å². The molecule has 2 fully saturated rings. The van der Waals surface area contributed by atoms with Gasteiger partial charge in [-0.15, -0.1) is 0 Å². The van der Waals surface area contributed by atoms with Crippen molar-refractivity contribution in [2.24, 2.45) is 5.92 Å². The second-order valence-corrected chi connectivity index (χ2v) is 5.20. The third kappa shape index (κ3) is 2.21. The molecule has 0 saturated carbocycles. The number of H-pyrrole nitrogens is 1. The number of likely N-dealkylation sites (tertiary alicyclic amines) is 1. The number of aromatic nitrogens is 1. The van der Waals surface area contributed by atoms with Gasteiger partial charge in [0.2, 0.25) is 0 Å². The minimum absolute atomic E-state index is 0.0712. The van der Waals surface area contributed by atoms with Crippen molar-refractivity contribution >= 4 is 11.6 Å². The van der Waals surface area contributed by atoms with E-state index in [1.165, 1.54) is 12.3 Å². The first-order valence-corrected chi connectivity index (χ1v) is 6.50. The molecule has 102 valence electrons. The SMILES string of the molecule is O=C(c1cc([N+](=O)[O-])c[nH]1)N1C[C@@H]2CCCN[C@@H]2C1. The predicted octanol–water partition coefficient (Wildman–Crippen LogP) is 0.747. The fraction of sp³-hybridized carbons (Fsp3) is 0.583. The van der Waals surface area contributed by atoms with Crippen LogP contribution in [0.4, 0.5) is 5.69 Å². The number of nitrogens with zero attached hydrogens (tertiary/aromatic N) is 2. The Morgan fingerprint density at radius 1 is 1.47 bits per heavy atom. The Hall–Kier alpha value is -1.89. The molecule has 2 saturated heterocycles. The second kappa shape index (κ2) is 4.65. The van der Waals surface area contributed by atoms with Gasteiger partial charge in [0.1, 0.15) is 5.69 Å². The fourth-order valence-corrected chi connectivity index (χ4v) is 2.99. The number of piperidine rings is 1. The number of nitro groups is 1. The number of carbonyl (C=O) groups is 1. The van der Waals surface area contributed by atoms with Gasteiger partial charge < -0.3 is 15.2 Å². The molecule has 1 aromatic rings. The number of aromatic amines is 1. The van der Waals surface area contributed by atoms with Gasteiger partial charge in [0.15, 0.2) is 0 Å². The molecule has 1 amide bonds. The van der Waals surface area contributed by atoms with Gasteiger partial charge in [-0.2, -0.15) is 0 Å². The van der Waals surface area contributed by atoms with E-state index in [1.807, 2.05) is 0 Å². The molecule has 2 aliphatic rings. The van der Waals surface area contributed by atoms with Crippen LogP contribution in [0.3, 0.4) is 0 Å². The Morgan fingerprint density at radius 3 is 3.00 bits per heavy atom. The van der Waals surface area contributed by atoms with Crippen LogP contribution >= 0.6 is 0 Å². The Kier molecular flexibility index (Phi) is 2.98. The normalized spacial score (nSPS) is 26.2. The lowest BCUT2D eigenvalue weighted by Crippen LogP contribution is -2.41. The average Bonchev–Trinajstić information content (AvgIpc) is 3.04. The molecule has 2 N–H and O–H groups in total. The summed E-state index contributed by atoms with van der Waals surface area (Å²) in [6.45, 7) is 2.44. The molecule has 7 nitrogen and oxygen atoms in total. The molecule has 0 bridgehead atoms. The third-order valence-corrected chi connectivity index (χ3v) is 4.00. The molecular formula is C12H16N4O3. The van der Waals surface area contributed by atoms with Crippen LogP contribution in [0.25, 0.3) is 0 Å². The number of carbonyl (C=O) groups excluding carboxylic acids is 1. The number of amides is 1. The van der Waals surface area contributed by atoms with Gasteiger partial charge >= 0.3 is 0 Å². The monoisotopic (exact) mass is 264 g/mol. The second-order valence-electron chi connectivity index (χ2n) is 5.20. The van der Waals surface area contributed by atoms with Crippen molar-refractivity contribution < 1.29 is 9.72 Å². The first-order chi connectivity index (χ1) is 9.15. The van der Waals surface area contributed by atoms with E-state index in [2.05, 4.69) is 10.3 Å². The lowest BCUT2D eigenvalue weighted by Gasteiger charge is -2.24. The molecule has 7 heteroatoms. The highest BCUT2D eigenvalue weighted by atomic mass is 16.6. The summed E-state index contributed by atoms with van der Waals surface area (Å²) in [5, 5.41) is 14.0. The van der Waals surface area contributed by atoms with E-state index in [0.717, 1.165) is 25.9 Å². The van der Waals surface area contributed by atoms with Crippen LogP contribution in [0.2, 0.25) is 0 Å². The topological polar surface area (TPSA) is 91.3 Å². The Bertz CT molecular complexity index is 499. The van der Waals surface area contributed by atoms with Gasteiger partial charge in [-0.1, -0.05) is 0 Å². The zero-order valence-corrected chi connectivity index (χ0v) is 10.5. The van der Waals surface area contributed by atoms with Crippen molar-refractivity contribution in [1.82, 2.24) is 15.2 Å². The number of fused-ring (bicyclic) bond motifs is 1. The van der Waals surface area contributed by atoms with E-state index in [4.69, 9.17) is 0 Å². The van der Waals surface area contributed by atoms with Gasteiger partial charge in [-0.05, 0) is 25.3 Å². The molecule has 0 aliphatic carbocycles. The smallest absolute Gasteiger partial charge is 0.287 e. The summed E-state index contributed by atoms with van der Waals surface area (Å²) in [5.41, 5.74) is 0.225. The highest BCUT2D eigenvalue weighted by Crippen LogP contribution is 2.26. The molecule has 0 aromatic carbocycles. The zero-order valence-electron chi connectivity index (χ0n) is 10.5. The molecule has 1 aromatic heterocycles. The summed E-state index contributed by atoms with van der Waals surface area (Å²) in [4.78, 5) is 26.9. The summed E-state index contributed by atoms with van der Waals surface area (Å²) in [6, 6.07) is 1.68. The molecule has 3 heterocycles. The van der Waals surface area contributed by atoms with Crippen molar-refractivity contribution in [1.29, 1.82) is 0 Å². The maximum absolute atomic E-state index is 12.3. The predicted molar refractivity (Wildman–Crippen MR) is 67.9 cm³/mol. The van der Waals surface area contributed by atoms with Gasteiger partial charge in [0.25, 0.3) is 11.6 Å². The zero-order chi connectivity index (χ0) is 13.4. The van der Waals surface area contributed by atoms with Crippen molar-refractivity contribution in [3.05, 3.63) is 28.1 Å². The maximum Gasteiger partial charge on any atom is 0.287 e. The van der Waals surface area contributed by atoms with Crippen molar-refractivity contribution in [2.75, 3.05) is 19.6 Å². The Balaban J connectivity index is 1.71. The lowest BCUT2D eigenvalue weighted by atomic mass is 9.94. The van der Waals surface area contributed by atoms with Crippen LogP contribution in [0, 0.1) is 16.0 Å². The standard InChI is InChI=1S/C12H16N4O3/c17-12(10-4-9(5-14-10)16(18)19)15-6-8-2-1-3-13-11(8)7-15/h4-5,8,11,13-14H,1-3,6-7H2/t8-,11+/m0/s1. The number of hydrogen-bond acceptors (Lipinski definition) is 4. The molecule has 2 aliphatic heterocycles. The Morgan fingerprint density at radius 2 is 2.32 bits per heavy atom. The minimum atomic E-state index is -0.501. The fourth-order valence-electron chi connectivity index (χ4n) is 2.99. The van der Waals surface area contributed by atoms with Crippen LogP contribution in [0.1, 0.15) is 23.3 Å². The molecule has 0 radical (unpaired) electrons. The average molecular weight is 264 g/mol. The van der Waals surface area contributed by atoms with Crippen LogP contribution in [0.15, 0.2) is 12.3 Å². The molecule has 19 heavy (non-hydrogen) atoms. The minimum Gasteiger partial charge on any atom is -0.351 e. The van der Waals surface area contributed by atoms with Crippen molar-refractivity contribution in [2.45, 2.75) is 18.9 Å². The van der Waals surface area contributed by atoms with Crippen LogP contribution in [-0.2, 0) is 0 Å². The van der Waals surface area contributed by atoms with E-state index in [1.54, 1.807) is 4.90 Å². The van der Waals surface area contributed by atoms with Crippen molar-refractivity contribution in [3.8, 4) is 0 Å². The van der Waals surface area contributed by atoms with E-state index >= 15 is 0 Å². The van der Waals surface area contributed by atoms with Gasteiger partial charge in [-0.3, -0.25) is 14.9 Å². The summed E-state index contributed by atoms with van der Waals surface area (Å²) in [5.74, 6) is 0.368. The van der Waals surface area contributed by atoms with E-state index in [0.29, 0.717) is 24.2 Å². The van der Waals surface area contributed by atoms with E-state index < -0.39 is 4.92 Å². The summed E-state index contributed by atoms with van der Waals surface area (Å²) < 4.78 is 0. The maximum atomic E-state index is 12.3. The largest absolute Gasteiger partial charge is 0.351 e. The molecule has 0 spiro atoms. The number of nitrogens with one attached hydrogen (secondary N) is 2. The summed E-state index contributed by atoms with van der Waals surface area (Å²) in [7, 11) is 0. The Labute approximate surface area is 110 Å². The highest BCUT2D eigenvalue weighted by molar-refractivity contribution is 5.93. The van der Waals surface area contributed by atoms with Gasteiger partial charge in [0.05, 0.1) is 11.1 Å². The summed E-state index contributed by atoms with van der Waals surface area (Å²) >= 11 is 0. The molecular weight excluding hydrogens is 248 g/mol. The molecule has 3 rings (SSSR count). The van der Waals surface area contributed by atoms with Crippen LogP contribution < -0.4 is 5.32 Å². The molecule has 2 atom stereocenters. The molecule has 0 unspecified atom stereocenters. The first-order valence-electron chi connectivity index (χ1n) is 6.50. The summed E-state index contributed by atoms with van der Waals surface area (Å²) in [6.07, 6.45) is 3.55. The van der Waals surface area contributed by atoms with Crippen LogP contribution in [0.5, 0.6) is 0 Å². The van der Waals surface area contributed by atoms with Crippen molar-refractivity contribution in [3.63, 3.8) is 0 Å². The third-order valence-electron chi connectivity index (χ3n) is 4.00. The lowest BCUT2D eigenvalue weighted by molar-refractivity contribution is -0.384. The first kappa shape index (κ1) is 12.2. The quantitative estimate of drug-likeness (QED) is 0.609. The number of hydrogen-bond donors (Lipinski definition) is 2. The van der Waals surface area contributed by atoms with E-state index in [-0.39, 0.29) is 11.6 Å². The highest BCUT2D eigenvalue weighted by Gasteiger charge is 2.37. The van der Waals surface area contributed by atoms with Gasteiger partial charge in [0, 0.05) is 25.2 Å². The van der Waals surface area contributed by atoms with Crippen LogP contribution in [-0.4, -0.2) is 46.4 Å². The number of rotatable bonds is 2. The van der Waals surface area contributed by atoms with Gasteiger partial charge in [-0.25, -0.2) is 0 Å².